The summed E-state index contributed by atoms with van der Waals surface area (Å²) in [4.78, 5) is 9.61. The lowest BCUT2D eigenvalue weighted by Crippen LogP contribution is -2.37. The van der Waals surface area contributed by atoms with Crippen molar-refractivity contribution in [2.45, 2.75) is 11.1 Å². The van der Waals surface area contributed by atoms with Gasteiger partial charge in [0, 0.05) is 0 Å². The smallest absolute Gasteiger partial charge is 0.416 e. The Morgan fingerprint density at radius 2 is 1.72 bits per heavy atom. The van der Waals surface area contributed by atoms with Gasteiger partial charge in [-0.1, -0.05) is 0 Å². The molecule has 1 aromatic rings. The van der Waals surface area contributed by atoms with Crippen molar-refractivity contribution in [2.75, 3.05) is 6.54 Å². The molecule has 5 nitrogen and oxygen atoms in total. The summed E-state index contributed by atoms with van der Waals surface area (Å²) in [5, 5.41) is 10.1. The largest absolute Gasteiger partial charge is 0.549 e. The molecule has 0 unspecified atom stereocenters. The molecule has 0 aliphatic heterocycles. The van der Waals surface area contributed by atoms with E-state index in [9.17, 15) is 31.5 Å². The van der Waals surface area contributed by atoms with Crippen molar-refractivity contribution in [3.8, 4) is 0 Å². The minimum atomic E-state index is -4.57. The second kappa shape index (κ2) is 4.94. The van der Waals surface area contributed by atoms with Crippen molar-refractivity contribution >= 4 is 16.0 Å². The van der Waals surface area contributed by atoms with Gasteiger partial charge in [-0.25, -0.2) is 13.1 Å². The number of carbonyl (C=O) groups excluding carboxylic acids is 1. The van der Waals surface area contributed by atoms with Gasteiger partial charge in [0.25, 0.3) is 0 Å². The summed E-state index contributed by atoms with van der Waals surface area (Å²) in [5.41, 5.74) is -0.999. The molecule has 0 saturated carbocycles. The van der Waals surface area contributed by atoms with E-state index in [0.717, 1.165) is 12.1 Å². The number of hydrogen-bond acceptors (Lipinski definition) is 4. The van der Waals surface area contributed by atoms with Crippen LogP contribution in [0.2, 0.25) is 0 Å². The Balaban J connectivity index is 2.95. The number of aliphatic carboxylic acids is 1. The summed E-state index contributed by atoms with van der Waals surface area (Å²) < 4.78 is 61.1. The number of hydrogen-bond donors (Lipinski definition) is 1. The van der Waals surface area contributed by atoms with Gasteiger partial charge in [0.05, 0.1) is 23.0 Å². The van der Waals surface area contributed by atoms with E-state index in [0.29, 0.717) is 12.1 Å². The number of rotatable bonds is 4. The molecule has 1 rings (SSSR count). The molecule has 0 bridgehead atoms. The third-order valence-electron chi connectivity index (χ3n) is 1.90. The summed E-state index contributed by atoms with van der Waals surface area (Å²) >= 11 is 0. The number of alkyl halides is 3. The number of carbonyl (C=O) groups is 1. The highest BCUT2D eigenvalue weighted by molar-refractivity contribution is 7.89. The van der Waals surface area contributed by atoms with Crippen LogP contribution in [0, 0.1) is 0 Å². The molecule has 0 amide bonds. The minimum Gasteiger partial charge on any atom is -0.549 e. The molecular formula is C9H7F3NO4S-. The van der Waals surface area contributed by atoms with Gasteiger partial charge in [0.2, 0.25) is 10.0 Å². The normalized spacial score (nSPS) is 12.4. The van der Waals surface area contributed by atoms with Crippen molar-refractivity contribution in [1.82, 2.24) is 4.72 Å². The van der Waals surface area contributed by atoms with E-state index in [1.807, 2.05) is 0 Å². The summed E-state index contributed by atoms with van der Waals surface area (Å²) in [6.07, 6.45) is -4.57. The first-order valence-corrected chi connectivity index (χ1v) is 5.98. The van der Waals surface area contributed by atoms with E-state index < -0.39 is 39.2 Å². The predicted molar refractivity (Wildman–Crippen MR) is 51.6 cm³/mol. The van der Waals surface area contributed by atoms with Crippen molar-refractivity contribution in [3.63, 3.8) is 0 Å². The maximum atomic E-state index is 12.2. The van der Waals surface area contributed by atoms with Crippen LogP contribution in [-0.4, -0.2) is 20.9 Å². The Morgan fingerprint density at radius 3 is 2.11 bits per heavy atom. The van der Waals surface area contributed by atoms with Crippen LogP contribution < -0.4 is 9.83 Å². The van der Waals surface area contributed by atoms with Crippen molar-refractivity contribution in [2.24, 2.45) is 0 Å². The highest BCUT2D eigenvalue weighted by atomic mass is 32.2. The molecule has 0 saturated heterocycles. The average Bonchev–Trinajstić information content (AvgIpc) is 2.26. The third kappa shape index (κ3) is 3.70. The highest BCUT2D eigenvalue weighted by Crippen LogP contribution is 2.29. The molecule has 0 aliphatic rings. The monoisotopic (exact) mass is 282 g/mol. The number of carboxylic acid groups (broad SMARTS) is 1. The van der Waals surface area contributed by atoms with Crippen LogP contribution >= 0.6 is 0 Å². The molecule has 0 radical (unpaired) electrons. The van der Waals surface area contributed by atoms with Crippen LogP contribution in [0.25, 0.3) is 0 Å². The Labute approximate surface area is 100 Å². The van der Waals surface area contributed by atoms with Crippen molar-refractivity contribution in [1.29, 1.82) is 0 Å². The fraction of sp³-hybridized carbons (Fsp3) is 0.222. The summed E-state index contributed by atoms with van der Waals surface area (Å²) in [6, 6.07) is 2.65. The molecule has 0 aliphatic carbocycles. The standard InChI is InChI=1S/C9H8F3NO4S/c10-9(11,12)6-1-3-7(4-2-6)18(16,17)13-5-8(14)15/h1-4,13H,5H2,(H,14,15)/p-1. The molecule has 0 heterocycles. The first-order chi connectivity index (χ1) is 8.13. The Hall–Kier alpha value is -1.61. The molecule has 0 atom stereocenters. The Morgan fingerprint density at radius 1 is 1.22 bits per heavy atom. The van der Waals surface area contributed by atoms with Gasteiger partial charge in [-0.15, -0.1) is 0 Å². The lowest BCUT2D eigenvalue weighted by Gasteiger charge is -2.09. The second-order valence-electron chi connectivity index (χ2n) is 3.22. The first kappa shape index (κ1) is 14.5. The third-order valence-corrected chi connectivity index (χ3v) is 3.32. The Bertz CT molecular complexity index is 536. The number of halogens is 3. The molecular weight excluding hydrogens is 275 g/mol. The van der Waals surface area contributed by atoms with Crippen LogP contribution in [-0.2, 0) is 21.0 Å². The zero-order chi connectivity index (χ0) is 14.0. The van der Waals surface area contributed by atoms with Gasteiger partial charge < -0.3 is 9.90 Å². The van der Waals surface area contributed by atoms with Crippen LogP contribution in [0.3, 0.4) is 0 Å². The summed E-state index contributed by atoms with van der Waals surface area (Å²) in [6.45, 7) is -0.955. The zero-order valence-corrected chi connectivity index (χ0v) is 9.51. The lowest BCUT2D eigenvalue weighted by molar-refractivity contribution is -0.303. The second-order valence-corrected chi connectivity index (χ2v) is 4.99. The molecule has 0 spiro atoms. The van der Waals surface area contributed by atoms with Gasteiger partial charge >= 0.3 is 6.18 Å². The van der Waals surface area contributed by atoms with E-state index in [-0.39, 0.29) is 0 Å². The lowest BCUT2D eigenvalue weighted by atomic mass is 10.2. The minimum absolute atomic E-state index is 0.461. The highest BCUT2D eigenvalue weighted by Gasteiger charge is 2.30. The van der Waals surface area contributed by atoms with Crippen LogP contribution in [0.15, 0.2) is 29.2 Å². The molecule has 9 heteroatoms. The molecule has 0 aromatic heterocycles. The summed E-state index contributed by atoms with van der Waals surface area (Å²) in [7, 11) is -4.16. The average molecular weight is 282 g/mol. The number of nitrogens with one attached hydrogen (secondary N) is 1. The van der Waals surface area contributed by atoms with Crippen LogP contribution in [0.1, 0.15) is 5.56 Å². The SMILES string of the molecule is O=C([O-])CNS(=O)(=O)c1ccc(C(F)(F)F)cc1. The summed E-state index contributed by atoms with van der Waals surface area (Å²) in [5.74, 6) is -1.65. The fourth-order valence-corrected chi connectivity index (χ4v) is 2.03. The number of benzene rings is 1. The van der Waals surface area contributed by atoms with E-state index in [1.165, 1.54) is 0 Å². The van der Waals surface area contributed by atoms with E-state index in [4.69, 9.17) is 0 Å². The maximum Gasteiger partial charge on any atom is 0.416 e. The van der Waals surface area contributed by atoms with E-state index in [1.54, 1.807) is 4.72 Å². The fourth-order valence-electron chi connectivity index (χ4n) is 1.06. The van der Waals surface area contributed by atoms with Gasteiger partial charge in [0.15, 0.2) is 0 Å². The van der Waals surface area contributed by atoms with Gasteiger partial charge in [-0.05, 0) is 24.3 Å². The van der Waals surface area contributed by atoms with E-state index >= 15 is 0 Å². The quantitative estimate of drug-likeness (QED) is 0.824. The van der Waals surface area contributed by atoms with Crippen LogP contribution in [0.4, 0.5) is 13.2 Å². The number of carboxylic acids is 1. The van der Waals surface area contributed by atoms with Gasteiger partial charge in [-0.2, -0.15) is 13.2 Å². The van der Waals surface area contributed by atoms with Gasteiger partial charge in [0.1, 0.15) is 0 Å². The molecule has 0 fully saturated rings. The van der Waals surface area contributed by atoms with Crippen molar-refractivity contribution < 1.29 is 31.5 Å². The molecule has 1 N–H and O–H groups in total. The predicted octanol–water partition coefficient (Wildman–Crippen LogP) is -0.266. The maximum absolute atomic E-state index is 12.2. The molecule has 18 heavy (non-hydrogen) atoms. The van der Waals surface area contributed by atoms with Crippen LogP contribution in [0.5, 0.6) is 0 Å². The zero-order valence-electron chi connectivity index (χ0n) is 8.69. The van der Waals surface area contributed by atoms with Crippen molar-refractivity contribution in [3.05, 3.63) is 29.8 Å². The molecule has 100 valence electrons. The van der Waals surface area contributed by atoms with E-state index in [2.05, 4.69) is 0 Å². The Kier molecular flexibility index (Phi) is 3.97. The topological polar surface area (TPSA) is 86.3 Å². The first-order valence-electron chi connectivity index (χ1n) is 4.50. The number of sulfonamides is 1. The van der Waals surface area contributed by atoms with Gasteiger partial charge in [-0.3, -0.25) is 0 Å². The molecule has 1 aromatic carbocycles.